The van der Waals surface area contributed by atoms with Gasteiger partial charge in [0.1, 0.15) is 0 Å². The summed E-state index contributed by atoms with van der Waals surface area (Å²) in [5, 5.41) is 7.97. The normalized spacial score (nSPS) is 10.0. The second-order valence-corrected chi connectivity index (χ2v) is 5.84. The first-order valence-electron chi connectivity index (χ1n) is 7.12. The highest BCUT2D eigenvalue weighted by atomic mass is 32.2. The average Bonchev–Trinajstić information content (AvgIpc) is 2.53. The van der Waals surface area contributed by atoms with Crippen LogP contribution < -0.4 is 16.0 Å². The van der Waals surface area contributed by atoms with Crippen LogP contribution in [0.25, 0.3) is 0 Å². The van der Waals surface area contributed by atoms with Crippen LogP contribution in [-0.4, -0.2) is 24.7 Å². The van der Waals surface area contributed by atoms with E-state index < -0.39 is 6.03 Å². The van der Waals surface area contributed by atoms with E-state index in [1.807, 2.05) is 55.6 Å². The Morgan fingerprint density at radius 1 is 1.00 bits per heavy atom. The monoisotopic (exact) mass is 329 g/mol. The molecule has 0 aliphatic carbocycles. The van der Waals surface area contributed by atoms with E-state index in [0.29, 0.717) is 11.4 Å². The number of nitrogens with one attached hydrogen (secondary N) is 3. The summed E-state index contributed by atoms with van der Waals surface area (Å²) in [5.74, 6) is -0.275. The van der Waals surface area contributed by atoms with Gasteiger partial charge in [0.2, 0.25) is 5.91 Å². The van der Waals surface area contributed by atoms with Gasteiger partial charge >= 0.3 is 6.03 Å². The number of rotatable bonds is 5. The number of amides is 3. The Bertz CT molecular complexity index is 704. The van der Waals surface area contributed by atoms with Crippen LogP contribution in [0.5, 0.6) is 0 Å². The molecule has 0 radical (unpaired) electrons. The van der Waals surface area contributed by atoms with E-state index >= 15 is 0 Å². The van der Waals surface area contributed by atoms with E-state index in [4.69, 9.17) is 0 Å². The van der Waals surface area contributed by atoms with Gasteiger partial charge in [-0.05, 0) is 49.1 Å². The maximum absolute atomic E-state index is 11.9. The molecule has 0 heterocycles. The van der Waals surface area contributed by atoms with Crippen molar-refractivity contribution in [2.24, 2.45) is 0 Å². The molecule has 23 heavy (non-hydrogen) atoms. The summed E-state index contributed by atoms with van der Waals surface area (Å²) >= 11 is 1.60. The SMILES string of the molecule is CSc1cccc(NC(=O)CNC(=O)Nc2cccc(C)c2)c1. The Labute approximate surface area is 139 Å². The standard InChI is InChI=1S/C17H19N3O2S/c1-12-5-3-6-13(9-12)20-17(22)18-11-16(21)19-14-7-4-8-15(10-14)23-2/h3-10H,11H2,1-2H3,(H,19,21)(H2,18,20,22). The third-order valence-electron chi connectivity index (χ3n) is 3.04. The molecule has 0 spiro atoms. The van der Waals surface area contributed by atoms with E-state index in [1.54, 1.807) is 17.8 Å². The molecule has 120 valence electrons. The quantitative estimate of drug-likeness (QED) is 0.736. The Hall–Kier alpha value is -2.47. The summed E-state index contributed by atoms with van der Waals surface area (Å²) in [7, 11) is 0. The molecule has 3 amide bonds. The maximum atomic E-state index is 11.9. The molecule has 0 saturated heterocycles. The van der Waals surface area contributed by atoms with Gasteiger partial charge in [-0.1, -0.05) is 18.2 Å². The summed E-state index contributed by atoms with van der Waals surface area (Å²) in [5.41, 5.74) is 2.45. The van der Waals surface area contributed by atoms with Gasteiger partial charge in [0.25, 0.3) is 0 Å². The van der Waals surface area contributed by atoms with Gasteiger partial charge in [0.15, 0.2) is 0 Å². The number of urea groups is 1. The first-order chi connectivity index (χ1) is 11.1. The first-order valence-corrected chi connectivity index (χ1v) is 8.35. The lowest BCUT2D eigenvalue weighted by molar-refractivity contribution is -0.115. The highest BCUT2D eigenvalue weighted by molar-refractivity contribution is 7.98. The highest BCUT2D eigenvalue weighted by Crippen LogP contribution is 2.18. The van der Waals surface area contributed by atoms with Crippen molar-refractivity contribution in [2.75, 3.05) is 23.4 Å². The number of anilines is 2. The van der Waals surface area contributed by atoms with Crippen molar-refractivity contribution in [2.45, 2.75) is 11.8 Å². The first kappa shape index (κ1) is 16.9. The Morgan fingerprint density at radius 3 is 2.39 bits per heavy atom. The molecule has 0 fully saturated rings. The van der Waals surface area contributed by atoms with Crippen LogP contribution in [0, 0.1) is 6.92 Å². The zero-order valence-corrected chi connectivity index (χ0v) is 13.9. The second-order valence-electron chi connectivity index (χ2n) is 4.96. The lowest BCUT2D eigenvalue weighted by Crippen LogP contribution is -2.35. The van der Waals surface area contributed by atoms with Crippen molar-refractivity contribution >= 4 is 35.1 Å². The molecule has 0 aliphatic rings. The van der Waals surface area contributed by atoms with Gasteiger partial charge in [0.05, 0.1) is 6.54 Å². The number of carbonyl (C=O) groups excluding carboxylic acids is 2. The molecule has 0 atom stereocenters. The third kappa shape index (κ3) is 5.67. The predicted molar refractivity (Wildman–Crippen MR) is 95.1 cm³/mol. The van der Waals surface area contributed by atoms with Gasteiger partial charge in [0, 0.05) is 16.3 Å². The predicted octanol–water partition coefficient (Wildman–Crippen LogP) is 3.48. The van der Waals surface area contributed by atoms with E-state index in [-0.39, 0.29) is 12.5 Å². The van der Waals surface area contributed by atoms with Crippen LogP contribution in [0.15, 0.2) is 53.4 Å². The van der Waals surface area contributed by atoms with Crippen LogP contribution in [0.1, 0.15) is 5.56 Å². The molecule has 3 N–H and O–H groups in total. The Kier molecular flexibility index (Phi) is 6.05. The largest absolute Gasteiger partial charge is 0.329 e. The number of benzene rings is 2. The van der Waals surface area contributed by atoms with E-state index in [0.717, 1.165) is 10.5 Å². The fourth-order valence-corrected chi connectivity index (χ4v) is 2.42. The molecule has 0 bridgehead atoms. The van der Waals surface area contributed by atoms with Crippen molar-refractivity contribution in [3.63, 3.8) is 0 Å². The lowest BCUT2D eigenvalue weighted by Gasteiger charge is -2.09. The molecule has 2 rings (SSSR count). The van der Waals surface area contributed by atoms with Crippen LogP contribution in [0.4, 0.5) is 16.2 Å². The number of hydrogen-bond acceptors (Lipinski definition) is 3. The fraction of sp³-hybridized carbons (Fsp3) is 0.176. The third-order valence-corrected chi connectivity index (χ3v) is 3.76. The topological polar surface area (TPSA) is 70.2 Å². The molecule has 0 aromatic heterocycles. The smallest absolute Gasteiger partial charge is 0.319 e. The van der Waals surface area contributed by atoms with E-state index in [2.05, 4.69) is 16.0 Å². The van der Waals surface area contributed by atoms with Crippen molar-refractivity contribution in [1.29, 1.82) is 0 Å². The average molecular weight is 329 g/mol. The summed E-state index contributed by atoms with van der Waals surface area (Å²) in [6, 6.07) is 14.6. The molecule has 5 nitrogen and oxygen atoms in total. The Morgan fingerprint density at radius 2 is 1.70 bits per heavy atom. The number of aryl methyl sites for hydroxylation is 1. The van der Waals surface area contributed by atoms with Crippen molar-refractivity contribution in [3.05, 3.63) is 54.1 Å². The molecule has 2 aromatic carbocycles. The van der Waals surface area contributed by atoms with Crippen LogP contribution >= 0.6 is 11.8 Å². The molecule has 0 unspecified atom stereocenters. The summed E-state index contributed by atoms with van der Waals surface area (Å²) in [4.78, 5) is 24.7. The van der Waals surface area contributed by atoms with E-state index in [9.17, 15) is 9.59 Å². The minimum atomic E-state index is -0.413. The maximum Gasteiger partial charge on any atom is 0.319 e. The molecular weight excluding hydrogens is 310 g/mol. The van der Waals surface area contributed by atoms with Crippen molar-refractivity contribution in [3.8, 4) is 0 Å². The molecule has 6 heteroatoms. The van der Waals surface area contributed by atoms with Gasteiger partial charge in [-0.3, -0.25) is 4.79 Å². The number of thioether (sulfide) groups is 1. The summed E-state index contributed by atoms with van der Waals surface area (Å²) < 4.78 is 0. The van der Waals surface area contributed by atoms with Crippen LogP contribution in [0.2, 0.25) is 0 Å². The highest BCUT2D eigenvalue weighted by Gasteiger charge is 2.06. The number of carbonyl (C=O) groups is 2. The summed E-state index contributed by atoms with van der Waals surface area (Å²) in [6.07, 6.45) is 1.97. The van der Waals surface area contributed by atoms with Crippen LogP contribution in [-0.2, 0) is 4.79 Å². The fourth-order valence-electron chi connectivity index (χ4n) is 1.96. The van der Waals surface area contributed by atoms with Gasteiger partial charge < -0.3 is 16.0 Å². The van der Waals surface area contributed by atoms with Gasteiger partial charge in [-0.15, -0.1) is 11.8 Å². The summed E-state index contributed by atoms with van der Waals surface area (Å²) in [6.45, 7) is 1.85. The zero-order chi connectivity index (χ0) is 16.7. The lowest BCUT2D eigenvalue weighted by atomic mass is 10.2. The van der Waals surface area contributed by atoms with Crippen molar-refractivity contribution < 1.29 is 9.59 Å². The Balaban J connectivity index is 1.80. The molecule has 2 aromatic rings. The molecule has 0 aliphatic heterocycles. The minimum absolute atomic E-state index is 0.0961. The number of hydrogen-bond donors (Lipinski definition) is 3. The van der Waals surface area contributed by atoms with Crippen LogP contribution in [0.3, 0.4) is 0 Å². The second kappa shape index (κ2) is 8.24. The minimum Gasteiger partial charge on any atom is -0.329 e. The molecule has 0 saturated carbocycles. The molecular formula is C17H19N3O2S. The van der Waals surface area contributed by atoms with Gasteiger partial charge in [-0.25, -0.2) is 4.79 Å². The van der Waals surface area contributed by atoms with Gasteiger partial charge in [-0.2, -0.15) is 0 Å². The zero-order valence-electron chi connectivity index (χ0n) is 13.1. The van der Waals surface area contributed by atoms with E-state index in [1.165, 1.54) is 0 Å². The van der Waals surface area contributed by atoms with Crippen molar-refractivity contribution in [1.82, 2.24) is 5.32 Å².